The van der Waals surface area contributed by atoms with Crippen LogP contribution in [-0.2, 0) is 6.54 Å². The second kappa shape index (κ2) is 12.4. The first-order valence-corrected chi connectivity index (χ1v) is 11.4. The number of carbonyl (C=O) groups is 1. The minimum Gasteiger partial charge on any atom is -0.388 e. The Morgan fingerprint density at radius 2 is 1.83 bits per heavy atom. The van der Waals surface area contributed by atoms with Crippen LogP contribution in [0.3, 0.4) is 0 Å². The minimum absolute atomic E-state index is 0.0331. The molecular formula is C23H39N5O2. The molecule has 0 bridgehead atoms. The molecule has 168 valence electrons. The summed E-state index contributed by atoms with van der Waals surface area (Å²) in [5.41, 5.74) is 1.10. The SMILES string of the molecule is CCCC(O)(CCC)CNC(=NCc1cccc(NC(=O)N2CCCC2)c1)NCC. The number of likely N-dealkylation sites (tertiary alicyclic amines) is 1. The fraction of sp³-hybridized carbons (Fsp3) is 0.652. The molecule has 0 spiro atoms. The smallest absolute Gasteiger partial charge is 0.321 e. The van der Waals surface area contributed by atoms with E-state index in [0.717, 1.165) is 69.4 Å². The van der Waals surface area contributed by atoms with Crippen molar-refractivity contribution in [2.45, 2.75) is 71.4 Å². The Hall–Kier alpha value is -2.28. The van der Waals surface area contributed by atoms with Crippen LogP contribution < -0.4 is 16.0 Å². The van der Waals surface area contributed by atoms with Gasteiger partial charge in [0.05, 0.1) is 12.1 Å². The molecule has 4 N–H and O–H groups in total. The molecule has 1 fully saturated rings. The molecule has 0 radical (unpaired) electrons. The Balaban J connectivity index is 1.97. The van der Waals surface area contributed by atoms with E-state index in [-0.39, 0.29) is 6.03 Å². The van der Waals surface area contributed by atoms with Crippen molar-refractivity contribution in [1.82, 2.24) is 15.5 Å². The first-order chi connectivity index (χ1) is 14.5. The van der Waals surface area contributed by atoms with E-state index in [4.69, 9.17) is 0 Å². The summed E-state index contributed by atoms with van der Waals surface area (Å²) in [7, 11) is 0. The highest BCUT2D eigenvalue weighted by Gasteiger charge is 2.25. The van der Waals surface area contributed by atoms with Gasteiger partial charge >= 0.3 is 6.03 Å². The van der Waals surface area contributed by atoms with E-state index in [9.17, 15) is 9.90 Å². The van der Waals surface area contributed by atoms with Gasteiger partial charge in [0.1, 0.15) is 0 Å². The number of nitrogens with zero attached hydrogens (tertiary/aromatic N) is 2. The maximum atomic E-state index is 12.3. The van der Waals surface area contributed by atoms with E-state index in [0.29, 0.717) is 19.0 Å². The zero-order valence-electron chi connectivity index (χ0n) is 18.8. The predicted octanol–water partition coefficient (Wildman–Crippen LogP) is 3.70. The molecule has 0 atom stereocenters. The molecule has 1 aromatic carbocycles. The third-order valence-electron chi connectivity index (χ3n) is 5.35. The van der Waals surface area contributed by atoms with Gasteiger partial charge in [-0.25, -0.2) is 9.79 Å². The summed E-state index contributed by atoms with van der Waals surface area (Å²) in [4.78, 5) is 18.8. The zero-order valence-corrected chi connectivity index (χ0v) is 18.8. The first-order valence-electron chi connectivity index (χ1n) is 11.4. The van der Waals surface area contributed by atoms with Crippen LogP contribution >= 0.6 is 0 Å². The molecule has 1 heterocycles. The number of hydrogen-bond acceptors (Lipinski definition) is 3. The van der Waals surface area contributed by atoms with Gasteiger partial charge in [-0.2, -0.15) is 0 Å². The van der Waals surface area contributed by atoms with Gasteiger partial charge in [-0.05, 0) is 50.3 Å². The number of urea groups is 1. The fourth-order valence-electron chi connectivity index (χ4n) is 3.86. The van der Waals surface area contributed by atoms with Gasteiger partial charge in [-0.3, -0.25) is 0 Å². The van der Waals surface area contributed by atoms with E-state index < -0.39 is 5.60 Å². The molecule has 1 aromatic rings. The van der Waals surface area contributed by atoms with Crippen LogP contribution in [0.15, 0.2) is 29.3 Å². The van der Waals surface area contributed by atoms with Crippen molar-refractivity contribution in [3.63, 3.8) is 0 Å². The monoisotopic (exact) mass is 417 g/mol. The number of guanidine groups is 1. The number of hydrogen-bond donors (Lipinski definition) is 4. The number of anilines is 1. The molecule has 1 aliphatic heterocycles. The highest BCUT2D eigenvalue weighted by atomic mass is 16.3. The lowest BCUT2D eigenvalue weighted by molar-refractivity contribution is 0.0257. The topological polar surface area (TPSA) is 89.0 Å². The lowest BCUT2D eigenvalue weighted by atomic mass is 9.93. The molecule has 7 nitrogen and oxygen atoms in total. The van der Waals surface area contributed by atoms with Crippen molar-refractivity contribution in [2.24, 2.45) is 4.99 Å². The van der Waals surface area contributed by atoms with Crippen LogP contribution in [0.4, 0.5) is 10.5 Å². The van der Waals surface area contributed by atoms with Gasteiger partial charge in [0.25, 0.3) is 0 Å². The molecule has 2 amide bonds. The van der Waals surface area contributed by atoms with Gasteiger partial charge in [0.15, 0.2) is 5.96 Å². The first kappa shape index (κ1) is 24.0. The Morgan fingerprint density at radius 1 is 1.13 bits per heavy atom. The van der Waals surface area contributed by atoms with Crippen LogP contribution in [0.5, 0.6) is 0 Å². The fourth-order valence-corrected chi connectivity index (χ4v) is 3.86. The van der Waals surface area contributed by atoms with Crippen molar-refractivity contribution in [2.75, 3.05) is 31.5 Å². The molecule has 0 unspecified atom stereocenters. The Labute approximate surface area is 181 Å². The Kier molecular flexibility index (Phi) is 9.94. The standard InChI is InChI=1S/C23H39N5O2/c1-4-12-23(30,13-5-2)18-26-21(24-6-3)25-17-19-10-9-11-20(16-19)27-22(29)28-14-7-8-15-28/h9-11,16,30H,4-8,12-15,17-18H2,1-3H3,(H,27,29)(H2,24,25,26). The van der Waals surface area contributed by atoms with Gasteiger partial charge in [-0.15, -0.1) is 0 Å². The molecule has 1 saturated heterocycles. The number of amides is 2. The summed E-state index contributed by atoms with van der Waals surface area (Å²) in [5.74, 6) is 0.689. The highest BCUT2D eigenvalue weighted by Crippen LogP contribution is 2.18. The maximum absolute atomic E-state index is 12.3. The summed E-state index contributed by atoms with van der Waals surface area (Å²) in [5, 5.41) is 20.4. The second-order valence-electron chi connectivity index (χ2n) is 8.10. The van der Waals surface area contributed by atoms with Crippen molar-refractivity contribution in [3.05, 3.63) is 29.8 Å². The number of aliphatic imine (C=N–C) groups is 1. The van der Waals surface area contributed by atoms with Crippen molar-refractivity contribution in [3.8, 4) is 0 Å². The number of rotatable bonds is 10. The Morgan fingerprint density at radius 3 is 2.47 bits per heavy atom. The summed E-state index contributed by atoms with van der Waals surface area (Å²) < 4.78 is 0. The number of nitrogens with one attached hydrogen (secondary N) is 3. The molecule has 0 saturated carbocycles. The maximum Gasteiger partial charge on any atom is 0.321 e. The summed E-state index contributed by atoms with van der Waals surface area (Å²) in [6.45, 7) is 9.58. The third-order valence-corrected chi connectivity index (χ3v) is 5.35. The molecule has 0 aliphatic carbocycles. The molecule has 30 heavy (non-hydrogen) atoms. The average molecular weight is 418 g/mol. The predicted molar refractivity (Wildman–Crippen MR) is 124 cm³/mol. The van der Waals surface area contributed by atoms with Gasteiger partial charge in [0, 0.05) is 31.9 Å². The number of carbonyl (C=O) groups excluding carboxylic acids is 1. The second-order valence-corrected chi connectivity index (χ2v) is 8.10. The molecular weight excluding hydrogens is 378 g/mol. The third kappa shape index (κ3) is 7.86. The van der Waals surface area contributed by atoms with Crippen LogP contribution in [-0.4, -0.2) is 53.8 Å². The van der Waals surface area contributed by atoms with Crippen molar-refractivity contribution < 1.29 is 9.90 Å². The molecule has 2 rings (SSSR count). The minimum atomic E-state index is -0.709. The lowest BCUT2D eigenvalue weighted by Crippen LogP contribution is -2.47. The highest BCUT2D eigenvalue weighted by molar-refractivity contribution is 5.89. The summed E-state index contributed by atoms with van der Waals surface area (Å²) in [6, 6.07) is 7.77. The number of benzene rings is 1. The van der Waals surface area contributed by atoms with Crippen molar-refractivity contribution in [1.29, 1.82) is 0 Å². The van der Waals surface area contributed by atoms with E-state index in [1.165, 1.54) is 0 Å². The van der Waals surface area contributed by atoms with Gasteiger partial charge < -0.3 is 26.0 Å². The zero-order chi connectivity index (χ0) is 21.8. The molecule has 1 aliphatic rings. The van der Waals surface area contributed by atoms with Crippen LogP contribution in [0.2, 0.25) is 0 Å². The molecule has 0 aromatic heterocycles. The quantitative estimate of drug-likeness (QED) is 0.345. The summed E-state index contributed by atoms with van der Waals surface area (Å²) >= 11 is 0. The van der Waals surface area contributed by atoms with Gasteiger partial charge in [0.2, 0.25) is 0 Å². The number of aliphatic hydroxyl groups is 1. The molecule has 7 heteroatoms. The van der Waals surface area contributed by atoms with E-state index in [1.54, 1.807) is 0 Å². The average Bonchev–Trinajstić information content (AvgIpc) is 3.26. The van der Waals surface area contributed by atoms with Crippen LogP contribution in [0.25, 0.3) is 0 Å². The van der Waals surface area contributed by atoms with E-state index in [1.807, 2.05) is 36.1 Å². The Bertz CT molecular complexity index is 680. The van der Waals surface area contributed by atoms with E-state index in [2.05, 4.69) is 34.8 Å². The van der Waals surface area contributed by atoms with Gasteiger partial charge in [-0.1, -0.05) is 38.8 Å². The van der Waals surface area contributed by atoms with E-state index >= 15 is 0 Å². The summed E-state index contributed by atoms with van der Waals surface area (Å²) in [6.07, 6.45) is 5.59. The van der Waals surface area contributed by atoms with Crippen LogP contribution in [0, 0.1) is 0 Å². The van der Waals surface area contributed by atoms with Crippen LogP contribution in [0.1, 0.15) is 64.9 Å². The van der Waals surface area contributed by atoms with Crippen molar-refractivity contribution >= 4 is 17.7 Å². The normalized spacial score (nSPS) is 14.7. The largest absolute Gasteiger partial charge is 0.388 e. The lowest BCUT2D eigenvalue weighted by Gasteiger charge is -2.28.